The maximum atomic E-state index is 12.7. The Morgan fingerprint density at radius 1 is 1.21 bits per heavy atom. The molecule has 0 aliphatic rings. The fourth-order valence-electron chi connectivity index (χ4n) is 3.19. The number of nitrogens with zero attached hydrogens (tertiary/aromatic N) is 4. The molecule has 148 valence electrons. The Hall–Kier alpha value is -3.26. The highest BCUT2D eigenvalue weighted by Crippen LogP contribution is 2.15. The van der Waals surface area contributed by atoms with Crippen molar-refractivity contribution < 1.29 is 4.79 Å². The summed E-state index contributed by atoms with van der Waals surface area (Å²) in [5.74, 6) is 0.529. The Morgan fingerprint density at radius 3 is 2.76 bits per heavy atom. The van der Waals surface area contributed by atoms with Gasteiger partial charge in [0.05, 0.1) is 18.4 Å². The summed E-state index contributed by atoms with van der Waals surface area (Å²) in [6, 6.07) is 13.5. The van der Waals surface area contributed by atoms with Crippen LogP contribution < -0.4 is 5.56 Å². The van der Waals surface area contributed by atoms with Gasteiger partial charge in [0, 0.05) is 24.3 Å². The van der Waals surface area contributed by atoms with E-state index in [1.807, 2.05) is 59.7 Å². The zero-order valence-corrected chi connectivity index (χ0v) is 16.9. The van der Waals surface area contributed by atoms with Crippen molar-refractivity contribution in [2.75, 3.05) is 6.54 Å². The van der Waals surface area contributed by atoms with E-state index in [1.165, 1.54) is 6.20 Å². The number of hydrogen-bond donors (Lipinski definition) is 1. The molecule has 4 rings (SSSR count). The molecule has 0 saturated heterocycles. The summed E-state index contributed by atoms with van der Waals surface area (Å²) >= 11 is 1.64. The molecular weight excluding hydrogens is 386 g/mol. The van der Waals surface area contributed by atoms with Gasteiger partial charge in [0.2, 0.25) is 5.91 Å². The molecule has 3 aromatic heterocycles. The first-order valence-corrected chi connectivity index (χ1v) is 10.4. The largest absolute Gasteiger partial charge is 0.338 e. The lowest BCUT2D eigenvalue weighted by Crippen LogP contribution is -2.30. The summed E-state index contributed by atoms with van der Waals surface area (Å²) in [6.07, 6.45) is 2.17. The van der Waals surface area contributed by atoms with Crippen LogP contribution in [-0.2, 0) is 17.8 Å². The number of benzene rings is 1. The average Bonchev–Trinajstić information content (AvgIpc) is 3.41. The fourth-order valence-corrected chi connectivity index (χ4v) is 3.91. The minimum atomic E-state index is -0.245. The molecule has 8 heteroatoms. The van der Waals surface area contributed by atoms with Gasteiger partial charge in [0.15, 0.2) is 5.65 Å². The van der Waals surface area contributed by atoms with E-state index in [2.05, 4.69) is 15.1 Å². The van der Waals surface area contributed by atoms with Crippen LogP contribution >= 0.6 is 11.3 Å². The number of thiophene rings is 1. The van der Waals surface area contributed by atoms with Crippen LogP contribution in [-0.4, -0.2) is 37.1 Å². The summed E-state index contributed by atoms with van der Waals surface area (Å²) in [5, 5.41) is 6.74. The zero-order chi connectivity index (χ0) is 20.2. The van der Waals surface area contributed by atoms with E-state index in [-0.39, 0.29) is 17.9 Å². The van der Waals surface area contributed by atoms with Crippen LogP contribution in [0.15, 0.2) is 58.8 Å². The van der Waals surface area contributed by atoms with Crippen LogP contribution in [0.2, 0.25) is 0 Å². The number of aromatic amines is 1. The molecule has 0 fully saturated rings. The van der Waals surface area contributed by atoms with Crippen molar-refractivity contribution >= 4 is 28.3 Å². The van der Waals surface area contributed by atoms with E-state index in [4.69, 9.17) is 0 Å². The molecule has 0 spiro atoms. The number of hydrogen-bond acceptors (Lipinski definition) is 5. The number of nitrogens with one attached hydrogen (secondary N) is 1. The third kappa shape index (κ3) is 4.12. The Morgan fingerprint density at radius 2 is 2.03 bits per heavy atom. The van der Waals surface area contributed by atoms with Crippen molar-refractivity contribution in [3.8, 4) is 5.69 Å². The average molecular weight is 407 g/mol. The van der Waals surface area contributed by atoms with Crippen LogP contribution in [0, 0.1) is 0 Å². The second-order valence-electron chi connectivity index (χ2n) is 6.63. The van der Waals surface area contributed by atoms with Gasteiger partial charge in [-0.25, -0.2) is 9.67 Å². The number of para-hydroxylation sites is 1. The second-order valence-corrected chi connectivity index (χ2v) is 7.66. The van der Waals surface area contributed by atoms with Crippen molar-refractivity contribution in [1.82, 2.24) is 24.6 Å². The van der Waals surface area contributed by atoms with Crippen molar-refractivity contribution in [3.63, 3.8) is 0 Å². The third-order valence-electron chi connectivity index (χ3n) is 4.72. The number of fused-ring (bicyclic) bond motifs is 1. The number of aromatic nitrogens is 4. The van der Waals surface area contributed by atoms with Crippen molar-refractivity contribution in [2.24, 2.45) is 0 Å². The molecule has 0 atom stereocenters. The molecule has 4 aromatic rings. The summed E-state index contributed by atoms with van der Waals surface area (Å²) in [6.45, 7) is 3.22. The molecule has 0 unspecified atom stereocenters. The molecule has 1 N–H and O–H groups in total. The molecule has 0 radical (unpaired) electrons. The van der Waals surface area contributed by atoms with Crippen molar-refractivity contribution in [1.29, 1.82) is 0 Å². The van der Waals surface area contributed by atoms with Crippen molar-refractivity contribution in [2.45, 2.75) is 26.3 Å². The Kier molecular flexibility index (Phi) is 5.53. The van der Waals surface area contributed by atoms with Crippen molar-refractivity contribution in [3.05, 3.63) is 75.1 Å². The minimum absolute atomic E-state index is 0.0419. The lowest BCUT2D eigenvalue weighted by molar-refractivity contribution is -0.131. The van der Waals surface area contributed by atoms with Gasteiger partial charge in [0.25, 0.3) is 5.56 Å². The Bertz CT molecular complexity index is 1160. The van der Waals surface area contributed by atoms with E-state index in [9.17, 15) is 9.59 Å². The van der Waals surface area contributed by atoms with Crippen LogP contribution in [0.4, 0.5) is 0 Å². The summed E-state index contributed by atoms with van der Waals surface area (Å²) < 4.78 is 1.64. The van der Waals surface area contributed by atoms with E-state index < -0.39 is 0 Å². The van der Waals surface area contributed by atoms with Gasteiger partial charge in [-0.3, -0.25) is 9.59 Å². The monoisotopic (exact) mass is 407 g/mol. The lowest BCUT2D eigenvalue weighted by Gasteiger charge is -2.20. The van der Waals surface area contributed by atoms with Crippen LogP contribution in [0.5, 0.6) is 0 Å². The number of aryl methyl sites for hydroxylation is 1. The standard InChI is InChI=1S/C21H21N5O2S/c1-2-25(14-16-9-6-12-29-16)19(27)11-10-18-23-20-17(21(28)24-18)13-22-26(20)15-7-4-3-5-8-15/h3-9,12-13H,2,10-11,14H2,1H3,(H,23,24,28). The van der Waals surface area contributed by atoms with Gasteiger partial charge in [-0.15, -0.1) is 11.3 Å². The lowest BCUT2D eigenvalue weighted by atomic mass is 10.2. The van der Waals surface area contributed by atoms with Crippen LogP contribution in [0.1, 0.15) is 24.0 Å². The van der Waals surface area contributed by atoms with Gasteiger partial charge >= 0.3 is 0 Å². The molecule has 0 bridgehead atoms. The van der Waals surface area contributed by atoms with Gasteiger partial charge in [-0.2, -0.15) is 5.10 Å². The molecule has 7 nitrogen and oxygen atoms in total. The summed E-state index contributed by atoms with van der Waals surface area (Å²) in [5.41, 5.74) is 1.08. The molecule has 1 amide bonds. The highest BCUT2D eigenvalue weighted by atomic mass is 32.1. The van der Waals surface area contributed by atoms with Gasteiger partial charge in [0.1, 0.15) is 11.2 Å². The first-order valence-electron chi connectivity index (χ1n) is 9.48. The predicted molar refractivity (Wildman–Crippen MR) is 113 cm³/mol. The van der Waals surface area contributed by atoms with Gasteiger partial charge < -0.3 is 9.88 Å². The molecule has 0 saturated carbocycles. The smallest absolute Gasteiger partial charge is 0.262 e. The van der Waals surface area contributed by atoms with Crippen LogP contribution in [0.25, 0.3) is 16.7 Å². The second kappa shape index (κ2) is 8.40. The summed E-state index contributed by atoms with van der Waals surface area (Å²) in [7, 11) is 0. The van der Waals surface area contributed by atoms with Gasteiger partial charge in [-0.05, 0) is 30.5 Å². The fraction of sp³-hybridized carbons (Fsp3) is 0.238. The highest BCUT2D eigenvalue weighted by Gasteiger charge is 2.15. The number of rotatable bonds is 7. The molecule has 1 aromatic carbocycles. The SMILES string of the molecule is CCN(Cc1cccs1)C(=O)CCc1nc2c(cnn2-c2ccccc2)c(=O)[nH]1. The molecule has 0 aliphatic carbocycles. The number of carbonyl (C=O) groups excluding carboxylic acids is 1. The van der Waals surface area contributed by atoms with E-state index in [0.717, 1.165) is 10.6 Å². The molecule has 29 heavy (non-hydrogen) atoms. The maximum absolute atomic E-state index is 12.7. The van der Waals surface area contributed by atoms with Crippen LogP contribution in [0.3, 0.4) is 0 Å². The Labute approximate surface area is 171 Å². The zero-order valence-electron chi connectivity index (χ0n) is 16.0. The molecular formula is C21H21N5O2S. The van der Waals surface area contributed by atoms with E-state index in [0.29, 0.717) is 36.4 Å². The molecule has 3 heterocycles. The van der Waals surface area contributed by atoms with E-state index in [1.54, 1.807) is 16.0 Å². The minimum Gasteiger partial charge on any atom is -0.338 e. The number of H-pyrrole nitrogens is 1. The number of carbonyl (C=O) groups is 1. The maximum Gasteiger partial charge on any atom is 0.262 e. The quantitative estimate of drug-likeness (QED) is 0.510. The first-order chi connectivity index (χ1) is 14.2. The normalized spacial score (nSPS) is 11.1. The topological polar surface area (TPSA) is 83.9 Å². The highest BCUT2D eigenvalue weighted by molar-refractivity contribution is 7.09. The third-order valence-corrected chi connectivity index (χ3v) is 5.59. The predicted octanol–water partition coefficient (Wildman–Crippen LogP) is 3.15. The summed E-state index contributed by atoms with van der Waals surface area (Å²) in [4.78, 5) is 35.4. The van der Waals surface area contributed by atoms with Gasteiger partial charge in [-0.1, -0.05) is 24.3 Å². The Balaban J connectivity index is 1.53. The molecule has 0 aliphatic heterocycles. The van der Waals surface area contributed by atoms with E-state index >= 15 is 0 Å². The first kappa shape index (κ1) is 19.1. The number of amides is 1.